The van der Waals surface area contributed by atoms with Crippen LogP contribution in [0.3, 0.4) is 0 Å². The molecule has 2 atom stereocenters. The number of carbonyl (C=O) groups excluding carboxylic acids is 2. The van der Waals surface area contributed by atoms with Gasteiger partial charge in [-0.3, -0.25) is 9.69 Å². The van der Waals surface area contributed by atoms with Crippen LogP contribution in [0.5, 0.6) is 5.75 Å². The second-order valence-corrected chi connectivity index (χ2v) is 13.6. The van der Waals surface area contributed by atoms with Gasteiger partial charge in [-0.15, -0.1) is 0 Å². The van der Waals surface area contributed by atoms with E-state index in [2.05, 4.69) is 22.8 Å². The monoisotopic (exact) mass is 671 g/mol. The zero-order valence-corrected chi connectivity index (χ0v) is 27.9. The molecular weight excluding hydrogens is 630 g/mol. The van der Waals surface area contributed by atoms with E-state index in [0.29, 0.717) is 44.7 Å². The summed E-state index contributed by atoms with van der Waals surface area (Å²) in [4.78, 5) is 27.7. The molecule has 1 saturated heterocycles. The molecule has 0 aliphatic carbocycles. The predicted octanol–water partition coefficient (Wildman–Crippen LogP) is 5.07. The normalized spacial score (nSPS) is 16.1. The summed E-state index contributed by atoms with van der Waals surface area (Å²) in [7, 11) is -2.01. The van der Waals surface area contributed by atoms with Crippen molar-refractivity contribution in [1.82, 2.24) is 10.6 Å². The minimum atomic E-state index is -3.28. The third-order valence-electron chi connectivity index (χ3n) is 8.07. The van der Waals surface area contributed by atoms with Crippen LogP contribution in [0, 0.1) is 0 Å². The summed E-state index contributed by atoms with van der Waals surface area (Å²) >= 11 is 0. The summed E-state index contributed by atoms with van der Waals surface area (Å²) in [5, 5.41) is 5.97. The average molecular weight is 672 g/mol. The largest absolute Gasteiger partial charge is 0.491 e. The van der Waals surface area contributed by atoms with Gasteiger partial charge in [-0.25, -0.2) is 13.2 Å². The Morgan fingerprint density at radius 2 is 1.48 bits per heavy atom. The number of aryl methyl sites for hydroxylation is 1. The molecule has 0 bridgehead atoms. The van der Waals surface area contributed by atoms with Crippen LogP contribution in [0.2, 0.25) is 0 Å². The number of hydrogen-bond acceptors (Lipinski definition) is 8. The van der Waals surface area contributed by atoms with Gasteiger partial charge in [0.15, 0.2) is 9.84 Å². The van der Waals surface area contributed by atoms with E-state index < -0.39 is 15.9 Å². The number of ether oxygens (including phenoxy) is 3. The molecule has 0 saturated carbocycles. The quantitative estimate of drug-likeness (QED) is 0.202. The molecule has 4 aromatic carbocycles. The summed E-state index contributed by atoms with van der Waals surface area (Å²) < 4.78 is 40.5. The Morgan fingerprint density at radius 3 is 2.17 bits per heavy atom. The van der Waals surface area contributed by atoms with Crippen molar-refractivity contribution in [3.63, 3.8) is 0 Å². The fraction of sp³-hybridized carbons (Fsp3) is 0.297. The number of sulfone groups is 1. The Labute approximate surface area is 281 Å². The first kappa shape index (κ1) is 34.6. The molecule has 252 valence electrons. The van der Waals surface area contributed by atoms with Gasteiger partial charge in [-0.1, -0.05) is 66.7 Å². The first-order chi connectivity index (χ1) is 23.2. The zero-order valence-electron chi connectivity index (χ0n) is 27.1. The number of alkyl carbamates (subject to hydrolysis) is 1. The van der Waals surface area contributed by atoms with E-state index in [0.717, 1.165) is 28.1 Å². The van der Waals surface area contributed by atoms with Crippen molar-refractivity contribution in [2.45, 2.75) is 36.4 Å². The summed E-state index contributed by atoms with van der Waals surface area (Å²) in [5.74, 6) is 0.270. The van der Waals surface area contributed by atoms with Crippen LogP contribution in [0.4, 0.5) is 16.2 Å². The summed E-state index contributed by atoms with van der Waals surface area (Å²) in [6, 6.07) is 32.0. The lowest BCUT2D eigenvalue weighted by Crippen LogP contribution is -2.47. The van der Waals surface area contributed by atoms with E-state index >= 15 is 0 Å². The van der Waals surface area contributed by atoms with Gasteiger partial charge in [0.2, 0.25) is 0 Å². The Hall–Kier alpha value is -4.71. The lowest BCUT2D eigenvalue weighted by atomic mass is 9.99. The second kappa shape index (κ2) is 16.4. The second-order valence-electron chi connectivity index (χ2n) is 11.6. The minimum absolute atomic E-state index is 0.0940. The molecule has 1 heterocycles. The summed E-state index contributed by atoms with van der Waals surface area (Å²) in [6.45, 7) is 1.37. The minimum Gasteiger partial charge on any atom is -0.491 e. The number of rotatable bonds is 13. The van der Waals surface area contributed by atoms with E-state index in [9.17, 15) is 18.0 Å². The third kappa shape index (κ3) is 9.43. The number of methoxy groups -OCH3 is 1. The number of nitrogens with one attached hydrogen (secondary N) is 2. The highest BCUT2D eigenvalue weighted by molar-refractivity contribution is 7.90. The lowest BCUT2D eigenvalue weighted by Gasteiger charge is -2.32. The standard InChI is InChI=1S/C37H41N3O7S/c1-45-37(42)39-25-36(41)40(35-15-9-7-13-29(35)22-27-10-4-3-5-11-27)34-14-8-6-12-28(34)16-17-31-23-38-24-32(47-31)26-46-30-18-20-33(21-19-30)48(2,43)44/h3-15,18-21,31-32,38H,16-17,22-26H2,1-2H3,(H,39,42)/t31-,32?/m1/s1. The molecule has 1 unspecified atom stereocenters. The molecule has 4 aromatic rings. The van der Waals surface area contributed by atoms with Gasteiger partial charge in [-0.2, -0.15) is 0 Å². The van der Waals surface area contributed by atoms with Crippen molar-refractivity contribution in [2.24, 2.45) is 0 Å². The maximum atomic E-state index is 13.9. The van der Waals surface area contributed by atoms with E-state index in [-0.39, 0.29) is 29.6 Å². The van der Waals surface area contributed by atoms with Crippen LogP contribution in [0.15, 0.2) is 108 Å². The van der Waals surface area contributed by atoms with Crippen LogP contribution in [0.25, 0.3) is 0 Å². The lowest BCUT2D eigenvalue weighted by molar-refractivity contribution is -0.117. The Bertz CT molecular complexity index is 1780. The molecule has 0 radical (unpaired) electrons. The molecular formula is C37H41N3O7S. The molecule has 48 heavy (non-hydrogen) atoms. The predicted molar refractivity (Wildman–Crippen MR) is 185 cm³/mol. The Balaban J connectivity index is 1.31. The van der Waals surface area contributed by atoms with E-state index in [4.69, 9.17) is 14.2 Å². The maximum absolute atomic E-state index is 13.9. The fourth-order valence-corrected chi connectivity index (χ4v) is 6.29. The summed E-state index contributed by atoms with van der Waals surface area (Å²) in [5.41, 5.74) is 4.52. The number of para-hydroxylation sites is 2. The van der Waals surface area contributed by atoms with E-state index in [1.165, 1.54) is 25.5 Å². The highest BCUT2D eigenvalue weighted by atomic mass is 32.2. The molecule has 2 N–H and O–H groups in total. The molecule has 2 amide bonds. The fourth-order valence-electron chi connectivity index (χ4n) is 5.66. The highest BCUT2D eigenvalue weighted by Gasteiger charge is 2.26. The van der Waals surface area contributed by atoms with Gasteiger partial charge in [0.25, 0.3) is 5.91 Å². The number of anilines is 2. The number of benzene rings is 4. The number of hydrogen-bond donors (Lipinski definition) is 2. The van der Waals surface area contributed by atoms with E-state index in [1.54, 1.807) is 17.0 Å². The third-order valence-corrected chi connectivity index (χ3v) is 9.20. The average Bonchev–Trinajstić information content (AvgIpc) is 3.10. The van der Waals surface area contributed by atoms with Crippen LogP contribution in [0.1, 0.15) is 23.1 Å². The molecule has 0 aromatic heterocycles. The topological polar surface area (TPSA) is 123 Å². The van der Waals surface area contributed by atoms with Gasteiger partial charge in [-0.05, 0) is 72.4 Å². The molecule has 1 fully saturated rings. The van der Waals surface area contributed by atoms with Crippen LogP contribution >= 0.6 is 0 Å². The molecule has 5 rings (SSSR count). The molecule has 1 aliphatic rings. The maximum Gasteiger partial charge on any atom is 0.407 e. The Morgan fingerprint density at radius 1 is 0.854 bits per heavy atom. The van der Waals surface area contributed by atoms with Crippen molar-refractivity contribution < 1.29 is 32.2 Å². The smallest absolute Gasteiger partial charge is 0.407 e. The number of morpholine rings is 1. The molecule has 0 spiro atoms. The van der Waals surface area contributed by atoms with Crippen molar-refractivity contribution in [2.75, 3.05) is 44.5 Å². The van der Waals surface area contributed by atoms with Gasteiger partial charge in [0.1, 0.15) is 25.0 Å². The van der Waals surface area contributed by atoms with Crippen molar-refractivity contribution in [1.29, 1.82) is 0 Å². The number of amides is 2. The number of nitrogens with zero attached hydrogens (tertiary/aromatic N) is 1. The van der Waals surface area contributed by atoms with Gasteiger partial charge in [0.05, 0.1) is 29.5 Å². The van der Waals surface area contributed by atoms with Crippen molar-refractivity contribution in [3.05, 3.63) is 120 Å². The van der Waals surface area contributed by atoms with Gasteiger partial charge >= 0.3 is 6.09 Å². The van der Waals surface area contributed by atoms with Crippen molar-refractivity contribution >= 4 is 33.2 Å². The van der Waals surface area contributed by atoms with Gasteiger partial charge < -0.3 is 24.8 Å². The molecule has 10 nitrogen and oxygen atoms in total. The van der Waals surface area contributed by atoms with Gasteiger partial charge in [0, 0.05) is 19.3 Å². The SMILES string of the molecule is COC(=O)NCC(=O)N(c1ccccc1CC[C@@H]1CNCC(COc2ccc(S(C)(=O)=O)cc2)O1)c1ccccc1Cc1ccccc1. The van der Waals surface area contributed by atoms with Crippen LogP contribution in [-0.4, -0.2) is 72.2 Å². The first-order valence-corrected chi connectivity index (χ1v) is 17.7. The Kier molecular flexibility index (Phi) is 11.8. The summed E-state index contributed by atoms with van der Waals surface area (Å²) in [6.07, 6.45) is 2.16. The molecule has 1 aliphatic heterocycles. The van der Waals surface area contributed by atoms with E-state index in [1.807, 2.05) is 66.7 Å². The highest BCUT2D eigenvalue weighted by Crippen LogP contribution is 2.34. The van der Waals surface area contributed by atoms with Crippen molar-refractivity contribution in [3.8, 4) is 5.75 Å². The van der Waals surface area contributed by atoms with Crippen LogP contribution in [-0.2, 0) is 36.9 Å². The number of carbonyl (C=O) groups is 2. The zero-order chi connectivity index (χ0) is 33.9. The first-order valence-electron chi connectivity index (χ1n) is 15.8. The van der Waals surface area contributed by atoms with Crippen LogP contribution < -0.4 is 20.3 Å². The molecule has 11 heteroatoms.